The van der Waals surface area contributed by atoms with E-state index in [0.717, 1.165) is 6.54 Å². The summed E-state index contributed by atoms with van der Waals surface area (Å²) in [6.45, 7) is 6.29. The lowest BCUT2D eigenvalue weighted by Gasteiger charge is -2.23. The molecule has 1 rings (SSSR count). The summed E-state index contributed by atoms with van der Waals surface area (Å²) in [6.07, 6.45) is 0. The SMILES string of the molecule is Cc1cc(F)c(C(C)NC(C)CN(C)C)cc1F. The zero-order chi connectivity index (χ0) is 13.9. The topological polar surface area (TPSA) is 15.3 Å². The smallest absolute Gasteiger partial charge is 0.128 e. The summed E-state index contributed by atoms with van der Waals surface area (Å²) in [5, 5.41) is 3.27. The van der Waals surface area contributed by atoms with Crippen LogP contribution in [0.4, 0.5) is 8.78 Å². The van der Waals surface area contributed by atoms with Crippen LogP contribution < -0.4 is 5.32 Å². The first kappa shape index (κ1) is 15.1. The van der Waals surface area contributed by atoms with E-state index in [1.165, 1.54) is 12.1 Å². The molecule has 2 unspecified atom stereocenters. The van der Waals surface area contributed by atoms with Gasteiger partial charge in [0.1, 0.15) is 11.6 Å². The van der Waals surface area contributed by atoms with Crippen molar-refractivity contribution in [1.29, 1.82) is 0 Å². The zero-order valence-corrected chi connectivity index (χ0v) is 11.7. The number of halogens is 2. The molecule has 0 aliphatic heterocycles. The first-order chi connectivity index (χ1) is 8.31. The third kappa shape index (κ3) is 4.03. The average Bonchev–Trinajstić information content (AvgIpc) is 2.21. The number of aryl methyl sites for hydroxylation is 1. The first-order valence-corrected chi connectivity index (χ1v) is 6.17. The highest BCUT2D eigenvalue weighted by Crippen LogP contribution is 2.20. The average molecular weight is 256 g/mol. The fraction of sp³-hybridized carbons (Fsp3) is 0.571. The second-order valence-corrected chi connectivity index (χ2v) is 5.17. The summed E-state index contributed by atoms with van der Waals surface area (Å²) >= 11 is 0. The predicted octanol–water partition coefficient (Wildman–Crippen LogP) is 2.87. The molecule has 102 valence electrons. The molecule has 0 saturated carbocycles. The molecular formula is C14H22F2N2. The van der Waals surface area contributed by atoms with Crippen molar-refractivity contribution >= 4 is 0 Å². The minimum Gasteiger partial charge on any atom is -0.308 e. The lowest BCUT2D eigenvalue weighted by atomic mass is 10.0. The molecule has 0 spiro atoms. The van der Waals surface area contributed by atoms with Crippen LogP contribution in [0.2, 0.25) is 0 Å². The van der Waals surface area contributed by atoms with Crippen LogP contribution >= 0.6 is 0 Å². The molecule has 1 aromatic rings. The minimum atomic E-state index is -0.361. The van der Waals surface area contributed by atoms with Crippen molar-refractivity contribution in [2.45, 2.75) is 32.9 Å². The molecule has 1 N–H and O–H groups in total. The number of nitrogens with one attached hydrogen (secondary N) is 1. The molecule has 0 bridgehead atoms. The van der Waals surface area contributed by atoms with Crippen LogP contribution in [0.15, 0.2) is 12.1 Å². The monoisotopic (exact) mass is 256 g/mol. The molecule has 2 atom stereocenters. The Bertz CT molecular complexity index is 405. The number of nitrogens with zero attached hydrogens (tertiary/aromatic N) is 1. The molecule has 0 heterocycles. The lowest BCUT2D eigenvalue weighted by Crippen LogP contribution is -2.37. The number of likely N-dealkylation sites (N-methyl/N-ethyl adjacent to an activating group) is 1. The van der Waals surface area contributed by atoms with Crippen molar-refractivity contribution in [3.05, 3.63) is 34.9 Å². The molecule has 0 saturated heterocycles. The summed E-state index contributed by atoms with van der Waals surface area (Å²) in [4.78, 5) is 2.05. The van der Waals surface area contributed by atoms with Gasteiger partial charge < -0.3 is 10.2 Å². The quantitative estimate of drug-likeness (QED) is 0.871. The highest BCUT2D eigenvalue weighted by atomic mass is 19.1. The van der Waals surface area contributed by atoms with Gasteiger partial charge in [-0.2, -0.15) is 0 Å². The summed E-state index contributed by atoms with van der Waals surface area (Å²) in [5.74, 6) is -0.716. The fourth-order valence-corrected chi connectivity index (χ4v) is 2.11. The highest BCUT2D eigenvalue weighted by Gasteiger charge is 2.15. The van der Waals surface area contributed by atoms with Crippen LogP contribution in [0.25, 0.3) is 0 Å². The van der Waals surface area contributed by atoms with Gasteiger partial charge in [0, 0.05) is 24.2 Å². The van der Waals surface area contributed by atoms with Gasteiger partial charge in [0.05, 0.1) is 0 Å². The van der Waals surface area contributed by atoms with Crippen LogP contribution in [-0.2, 0) is 0 Å². The number of hydrogen-bond donors (Lipinski definition) is 1. The van der Waals surface area contributed by atoms with Crippen molar-refractivity contribution in [2.75, 3.05) is 20.6 Å². The largest absolute Gasteiger partial charge is 0.308 e. The van der Waals surface area contributed by atoms with Gasteiger partial charge in [-0.05, 0) is 52.6 Å². The summed E-state index contributed by atoms with van der Waals surface area (Å²) < 4.78 is 27.2. The first-order valence-electron chi connectivity index (χ1n) is 6.17. The predicted molar refractivity (Wildman–Crippen MR) is 70.7 cm³/mol. The van der Waals surface area contributed by atoms with Crippen LogP contribution in [-0.4, -0.2) is 31.6 Å². The van der Waals surface area contributed by atoms with Gasteiger partial charge in [0.25, 0.3) is 0 Å². The molecule has 0 aromatic heterocycles. The maximum Gasteiger partial charge on any atom is 0.128 e. The van der Waals surface area contributed by atoms with Crippen molar-refractivity contribution in [3.63, 3.8) is 0 Å². The van der Waals surface area contributed by atoms with Crippen LogP contribution in [0, 0.1) is 18.6 Å². The maximum atomic E-state index is 13.8. The van der Waals surface area contributed by atoms with E-state index in [1.807, 2.05) is 27.9 Å². The normalized spacial score (nSPS) is 14.9. The van der Waals surface area contributed by atoms with E-state index in [-0.39, 0.29) is 23.7 Å². The van der Waals surface area contributed by atoms with Gasteiger partial charge in [-0.25, -0.2) is 8.78 Å². The fourth-order valence-electron chi connectivity index (χ4n) is 2.11. The molecular weight excluding hydrogens is 234 g/mol. The van der Waals surface area contributed by atoms with E-state index in [9.17, 15) is 8.78 Å². The van der Waals surface area contributed by atoms with E-state index >= 15 is 0 Å². The molecule has 0 radical (unpaired) electrons. The summed E-state index contributed by atoms with van der Waals surface area (Å²) in [5.41, 5.74) is 0.716. The van der Waals surface area contributed by atoms with Gasteiger partial charge in [-0.1, -0.05) is 0 Å². The Hall–Kier alpha value is -1.00. The maximum absolute atomic E-state index is 13.8. The van der Waals surface area contributed by atoms with Crippen molar-refractivity contribution in [3.8, 4) is 0 Å². The van der Waals surface area contributed by atoms with Crippen molar-refractivity contribution in [1.82, 2.24) is 10.2 Å². The Morgan fingerprint density at radius 2 is 1.78 bits per heavy atom. The van der Waals surface area contributed by atoms with E-state index in [0.29, 0.717) is 11.1 Å². The Kier molecular flexibility index (Phi) is 5.23. The van der Waals surface area contributed by atoms with E-state index in [2.05, 4.69) is 10.2 Å². The van der Waals surface area contributed by atoms with Gasteiger partial charge in [-0.15, -0.1) is 0 Å². The van der Waals surface area contributed by atoms with E-state index < -0.39 is 0 Å². The third-order valence-corrected chi connectivity index (χ3v) is 2.92. The van der Waals surface area contributed by atoms with Gasteiger partial charge in [-0.3, -0.25) is 0 Å². The molecule has 18 heavy (non-hydrogen) atoms. The van der Waals surface area contributed by atoms with Gasteiger partial charge >= 0.3 is 0 Å². The Balaban J connectivity index is 2.78. The summed E-state index contributed by atoms with van der Waals surface area (Å²) in [6, 6.07) is 2.53. The molecule has 0 aliphatic carbocycles. The molecule has 1 aromatic carbocycles. The molecule has 0 amide bonds. The van der Waals surface area contributed by atoms with E-state index in [4.69, 9.17) is 0 Å². The van der Waals surface area contributed by atoms with Crippen molar-refractivity contribution in [2.24, 2.45) is 0 Å². The molecule has 2 nitrogen and oxygen atoms in total. The second-order valence-electron chi connectivity index (χ2n) is 5.17. The third-order valence-electron chi connectivity index (χ3n) is 2.92. The number of hydrogen-bond acceptors (Lipinski definition) is 2. The van der Waals surface area contributed by atoms with Gasteiger partial charge in [0.15, 0.2) is 0 Å². The Labute approximate surface area is 108 Å². The Morgan fingerprint density at radius 3 is 2.33 bits per heavy atom. The Morgan fingerprint density at radius 1 is 1.17 bits per heavy atom. The summed E-state index contributed by atoms with van der Waals surface area (Å²) in [7, 11) is 3.96. The zero-order valence-electron chi connectivity index (χ0n) is 11.7. The van der Waals surface area contributed by atoms with E-state index in [1.54, 1.807) is 6.92 Å². The molecule has 4 heteroatoms. The second kappa shape index (κ2) is 6.25. The number of benzene rings is 1. The standard InChI is InChI=1S/C14H22F2N2/c1-9-6-14(16)12(7-13(9)15)11(3)17-10(2)8-18(4)5/h6-7,10-11,17H,8H2,1-5H3. The minimum absolute atomic E-state index is 0.207. The van der Waals surface area contributed by atoms with Crippen LogP contribution in [0.3, 0.4) is 0 Å². The highest BCUT2D eigenvalue weighted by molar-refractivity contribution is 5.27. The van der Waals surface area contributed by atoms with Gasteiger partial charge in [0.2, 0.25) is 0 Å². The van der Waals surface area contributed by atoms with Crippen LogP contribution in [0.1, 0.15) is 31.0 Å². The van der Waals surface area contributed by atoms with Crippen LogP contribution in [0.5, 0.6) is 0 Å². The number of rotatable bonds is 5. The molecule has 0 fully saturated rings. The lowest BCUT2D eigenvalue weighted by molar-refractivity contribution is 0.332. The van der Waals surface area contributed by atoms with Crippen molar-refractivity contribution < 1.29 is 8.78 Å². The molecule has 0 aliphatic rings.